The fourth-order valence-corrected chi connectivity index (χ4v) is 3.13. The molecule has 24 heavy (non-hydrogen) atoms. The smallest absolute Gasteiger partial charge is 0.371 e. The summed E-state index contributed by atoms with van der Waals surface area (Å²) >= 11 is 0.852. The lowest BCUT2D eigenvalue weighted by molar-refractivity contribution is 0.200. The molecule has 0 radical (unpaired) electrons. The van der Waals surface area contributed by atoms with Crippen molar-refractivity contribution in [2.45, 2.75) is 38.7 Å². The molecule has 0 aliphatic carbocycles. The Balaban J connectivity index is 2.23. The second-order valence-corrected chi connectivity index (χ2v) is 6.44. The molecule has 0 fully saturated rings. The first kappa shape index (κ1) is 18.3. The van der Waals surface area contributed by atoms with Crippen LogP contribution < -0.4 is 4.74 Å². The Morgan fingerprint density at radius 2 is 1.96 bits per heavy atom. The van der Waals surface area contributed by atoms with Gasteiger partial charge in [-0.3, -0.25) is 0 Å². The van der Waals surface area contributed by atoms with E-state index in [1.807, 2.05) is 19.9 Å². The number of rotatable bonds is 5. The zero-order valence-corrected chi connectivity index (χ0v) is 15.1. The number of ether oxygens (including phenoxy) is 2. The van der Waals surface area contributed by atoms with Gasteiger partial charge in [0.15, 0.2) is 0 Å². The van der Waals surface area contributed by atoms with Crippen LogP contribution in [0.5, 0.6) is 5.75 Å². The van der Waals surface area contributed by atoms with Crippen molar-refractivity contribution in [3.8, 4) is 5.75 Å². The molecule has 0 saturated heterocycles. The molecule has 2 rings (SSSR count). The van der Waals surface area contributed by atoms with Gasteiger partial charge in [-0.25, -0.2) is 9.18 Å². The highest BCUT2D eigenvalue weighted by Gasteiger charge is 2.14. The van der Waals surface area contributed by atoms with Crippen LogP contribution in [0.3, 0.4) is 0 Å². The van der Waals surface area contributed by atoms with E-state index >= 15 is 0 Å². The lowest BCUT2D eigenvalue weighted by Gasteiger charge is -2.14. The molecule has 2 aromatic rings. The van der Waals surface area contributed by atoms with Crippen LogP contribution in [0.1, 0.15) is 29.2 Å². The summed E-state index contributed by atoms with van der Waals surface area (Å²) in [4.78, 5) is 12.0. The average Bonchev–Trinajstić information content (AvgIpc) is 2.56. The highest BCUT2D eigenvalue weighted by molar-refractivity contribution is 8.13. The molecular formula is C19H21FO3S. The van der Waals surface area contributed by atoms with Gasteiger partial charge in [-0.1, -0.05) is 19.1 Å². The number of hydrogen-bond acceptors (Lipinski definition) is 4. The second kappa shape index (κ2) is 8.20. The van der Waals surface area contributed by atoms with Crippen LogP contribution in [0.2, 0.25) is 0 Å². The fraction of sp³-hybridized carbons (Fsp3) is 0.316. The zero-order valence-electron chi connectivity index (χ0n) is 14.3. The van der Waals surface area contributed by atoms with Crippen molar-refractivity contribution in [2.75, 3.05) is 7.11 Å². The monoisotopic (exact) mass is 348 g/mol. The van der Waals surface area contributed by atoms with Gasteiger partial charge >= 0.3 is 5.30 Å². The Morgan fingerprint density at radius 3 is 2.62 bits per heavy atom. The van der Waals surface area contributed by atoms with Crippen LogP contribution in [0.15, 0.2) is 35.2 Å². The predicted octanol–water partition coefficient (Wildman–Crippen LogP) is 5.44. The average molecular weight is 348 g/mol. The minimum absolute atomic E-state index is 0.0533. The number of methoxy groups -OCH3 is 1. The van der Waals surface area contributed by atoms with Crippen LogP contribution in [0.4, 0.5) is 9.18 Å². The van der Waals surface area contributed by atoms with E-state index in [1.54, 1.807) is 12.1 Å². The molecule has 2 aromatic carbocycles. The number of aryl methyl sites for hydroxylation is 3. The third-order valence-electron chi connectivity index (χ3n) is 3.82. The Hall–Kier alpha value is -2.01. The lowest BCUT2D eigenvalue weighted by atomic mass is 10.0. The van der Waals surface area contributed by atoms with Gasteiger partial charge < -0.3 is 9.47 Å². The topological polar surface area (TPSA) is 35.5 Å². The van der Waals surface area contributed by atoms with E-state index < -0.39 is 11.1 Å². The quantitative estimate of drug-likeness (QED) is 0.532. The molecule has 0 unspecified atom stereocenters. The fourth-order valence-electron chi connectivity index (χ4n) is 2.44. The Bertz CT molecular complexity index is 744. The van der Waals surface area contributed by atoms with E-state index in [0.717, 1.165) is 35.1 Å². The van der Waals surface area contributed by atoms with Crippen LogP contribution in [0.25, 0.3) is 0 Å². The van der Waals surface area contributed by atoms with Crippen molar-refractivity contribution in [1.82, 2.24) is 0 Å². The highest BCUT2D eigenvalue weighted by Crippen LogP contribution is 2.29. The zero-order chi connectivity index (χ0) is 17.7. The summed E-state index contributed by atoms with van der Waals surface area (Å²) in [7, 11) is 1.30. The predicted molar refractivity (Wildman–Crippen MR) is 94.3 cm³/mol. The van der Waals surface area contributed by atoms with E-state index in [-0.39, 0.29) is 6.61 Å². The van der Waals surface area contributed by atoms with Crippen LogP contribution in [-0.4, -0.2) is 12.4 Å². The number of thioether (sulfide) groups is 1. The molecule has 128 valence electrons. The van der Waals surface area contributed by atoms with E-state index in [1.165, 1.54) is 18.7 Å². The van der Waals surface area contributed by atoms with Gasteiger partial charge in [0.2, 0.25) is 0 Å². The third kappa shape index (κ3) is 4.29. The molecule has 0 bridgehead atoms. The third-order valence-corrected chi connectivity index (χ3v) is 4.76. The molecule has 0 heterocycles. The van der Waals surface area contributed by atoms with Gasteiger partial charge in [-0.15, -0.1) is 0 Å². The van der Waals surface area contributed by atoms with Crippen molar-refractivity contribution in [3.63, 3.8) is 0 Å². The van der Waals surface area contributed by atoms with Crippen molar-refractivity contribution in [2.24, 2.45) is 0 Å². The SMILES string of the molecule is CCc1cc(C)c(OCc2c(F)cccc2SC(=O)OC)cc1C. The highest BCUT2D eigenvalue weighted by atomic mass is 32.2. The number of halogens is 1. The first-order valence-corrected chi connectivity index (χ1v) is 8.54. The normalized spacial score (nSPS) is 10.5. The Morgan fingerprint density at radius 1 is 1.21 bits per heavy atom. The van der Waals surface area contributed by atoms with E-state index in [4.69, 9.17) is 4.74 Å². The summed E-state index contributed by atoms with van der Waals surface area (Å²) in [5.74, 6) is 0.324. The molecule has 0 atom stereocenters. The molecule has 0 aromatic heterocycles. The molecule has 0 amide bonds. The Labute approximate surface area is 146 Å². The lowest BCUT2D eigenvalue weighted by Crippen LogP contribution is -2.04. The first-order chi connectivity index (χ1) is 11.5. The van der Waals surface area contributed by atoms with Gasteiger partial charge in [0, 0.05) is 10.5 Å². The molecule has 0 aliphatic heterocycles. The summed E-state index contributed by atoms with van der Waals surface area (Å²) in [5, 5.41) is -0.485. The van der Waals surface area contributed by atoms with Crippen molar-refractivity contribution in [3.05, 3.63) is 58.4 Å². The van der Waals surface area contributed by atoms with E-state index in [9.17, 15) is 9.18 Å². The minimum Gasteiger partial charge on any atom is -0.488 e. The van der Waals surface area contributed by atoms with E-state index in [2.05, 4.69) is 17.7 Å². The maximum atomic E-state index is 14.2. The van der Waals surface area contributed by atoms with Crippen molar-refractivity contribution < 1.29 is 18.7 Å². The van der Waals surface area contributed by atoms with Gasteiger partial charge in [0.25, 0.3) is 0 Å². The second-order valence-electron chi connectivity index (χ2n) is 5.46. The maximum Gasteiger partial charge on any atom is 0.371 e. The van der Waals surface area contributed by atoms with Crippen molar-refractivity contribution >= 4 is 17.1 Å². The summed E-state index contributed by atoms with van der Waals surface area (Å²) in [6, 6.07) is 8.67. The van der Waals surface area contributed by atoms with E-state index in [0.29, 0.717) is 10.5 Å². The summed E-state index contributed by atoms with van der Waals surface area (Å²) in [6.45, 7) is 6.17. The van der Waals surface area contributed by atoms with Crippen molar-refractivity contribution in [1.29, 1.82) is 0 Å². The number of carbonyl (C=O) groups excluding carboxylic acids is 1. The maximum absolute atomic E-state index is 14.2. The number of benzene rings is 2. The number of carbonyl (C=O) groups is 1. The summed E-state index contributed by atoms with van der Waals surface area (Å²) in [6.07, 6.45) is 0.959. The summed E-state index contributed by atoms with van der Waals surface area (Å²) < 4.78 is 24.6. The van der Waals surface area contributed by atoms with Crippen LogP contribution in [0, 0.1) is 19.7 Å². The molecule has 0 saturated carbocycles. The largest absolute Gasteiger partial charge is 0.488 e. The molecule has 0 aliphatic rings. The molecule has 0 N–H and O–H groups in total. The van der Waals surface area contributed by atoms with Crippen LogP contribution in [-0.2, 0) is 17.8 Å². The van der Waals surface area contributed by atoms with Gasteiger partial charge in [0.1, 0.15) is 18.2 Å². The summed E-state index contributed by atoms with van der Waals surface area (Å²) in [5.41, 5.74) is 3.78. The standard InChI is InChI=1S/C19H21FO3S/c1-5-14-9-13(3)17(10-12(14)2)23-11-15-16(20)7-6-8-18(15)24-19(21)22-4/h6-10H,5,11H2,1-4H3. The molecule has 0 spiro atoms. The number of hydrogen-bond donors (Lipinski definition) is 0. The van der Waals surface area contributed by atoms with Gasteiger partial charge in [0.05, 0.1) is 7.11 Å². The Kier molecular flexibility index (Phi) is 6.26. The first-order valence-electron chi connectivity index (χ1n) is 7.72. The molecular weight excluding hydrogens is 327 g/mol. The molecule has 5 heteroatoms. The minimum atomic E-state index is -0.485. The molecule has 3 nitrogen and oxygen atoms in total. The van der Waals surface area contributed by atoms with Gasteiger partial charge in [-0.2, -0.15) is 0 Å². The van der Waals surface area contributed by atoms with Gasteiger partial charge in [-0.05, 0) is 66.9 Å². The van der Waals surface area contributed by atoms with Crippen LogP contribution >= 0.6 is 11.8 Å².